The van der Waals surface area contributed by atoms with E-state index in [-0.39, 0.29) is 12.1 Å². The van der Waals surface area contributed by atoms with Crippen LogP contribution in [-0.2, 0) is 10.9 Å². The van der Waals surface area contributed by atoms with Crippen LogP contribution in [0.15, 0.2) is 18.2 Å². The molecule has 0 aliphatic heterocycles. The highest BCUT2D eigenvalue weighted by Crippen LogP contribution is 2.32. The minimum atomic E-state index is -4.30. The van der Waals surface area contributed by atoms with Crippen molar-refractivity contribution in [1.82, 2.24) is 5.32 Å². The molecule has 20 heavy (non-hydrogen) atoms. The highest BCUT2D eigenvalue weighted by molar-refractivity contribution is 5.35. The second kappa shape index (κ2) is 7.09. The fourth-order valence-electron chi connectivity index (χ4n) is 2.41. The summed E-state index contributed by atoms with van der Waals surface area (Å²) in [7, 11) is 1.80. The molecule has 2 nitrogen and oxygen atoms in total. The van der Waals surface area contributed by atoms with Crippen molar-refractivity contribution in [3.63, 3.8) is 0 Å². The van der Waals surface area contributed by atoms with Gasteiger partial charge in [0.05, 0.1) is 17.7 Å². The van der Waals surface area contributed by atoms with Gasteiger partial charge in [-0.25, -0.2) is 0 Å². The predicted octanol–water partition coefficient (Wildman–Crippen LogP) is 4.09. The molecular weight excluding hydrogens is 267 g/mol. The summed E-state index contributed by atoms with van der Waals surface area (Å²) < 4.78 is 43.7. The van der Waals surface area contributed by atoms with E-state index in [4.69, 9.17) is 4.74 Å². The predicted molar refractivity (Wildman–Crippen MR) is 73.7 cm³/mol. The maximum Gasteiger partial charge on any atom is 0.416 e. The van der Waals surface area contributed by atoms with Crippen LogP contribution in [-0.4, -0.2) is 19.8 Å². The number of likely N-dealkylation sites (N-methyl/N-ethyl adjacent to an activating group) is 1. The van der Waals surface area contributed by atoms with E-state index >= 15 is 0 Å². The number of aryl methyl sites for hydroxylation is 1. The van der Waals surface area contributed by atoms with Gasteiger partial charge in [-0.2, -0.15) is 13.2 Å². The molecule has 114 valence electrons. The average Bonchev–Trinajstić information content (AvgIpc) is 2.38. The average molecular weight is 289 g/mol. The van der Waals surface area contributed by atoms with Crippen LogP contribution < -0.4 is 5.32 Å². The van der Waals surface area contributed by atoms with Gasteiger partial charge in [0.15, 0.2) is 0 Å². The van der Waals surface area contributed by atoms with Crippen molar-refractivity contribution in [2.24, 2.45) is 0 Å². The molecule has 1 N–H and O–H groups in total. The molecule has 0 aliphatic carbocycles. The van der Waals surface area contributed by atoms with Crippen LogP contribution in [0.2, 0.25) is 0 Å². The molecule has 1 rings (SSSR count). The molecule has 0 fully saturated rings. The van der Waals surface area contributed by atoms with E-state index in [1.165, 1.54) is 6.07 Å². The molecule has 0 aliphatic rings. The quantitative estimate of drug-likeness (QED) is 0.851. The minimum absolute atomic E-state index is 0.0552. The summed E-state index contributed by atoms with van der Waals surface area (Å²) in [6.45, 7) is 6.20. The summed E-state index contributed by atoms with van der Waals surface area (Å²) in [6, 6.07) is 3.76. The highest BCUT2D eigenvalue weighted by Gasteiger charge is 2.31. The lowest BCUT2D eigenvalue weighted by molar-refractivity contribution is -0.137. The summed E-state index contributed by atoms with van der Waals surface area (Å²) in [5.74, 6) is 0. The van der Waals surface area contributed by atoms with Crippen molar-refractivity contribution < 1.29 is 17.9 Å². The number of benzene rings is 1. The van der Waals surface area contributed by atoms with Crippen LogP contribution >= 0.6 is 0 Å². The SMILES string of the molecule is CCOC(CC)C(NC)c1ccc(C(F)(F)F)cc1C. The first-order chi connectivity index (χ1) is 9.35. The fourth-order valence-corrected chi connectivity index (χ4v) is 2.41. The van der Waals surface area contributed by atoms with Gasteiger partial charge in [-0.3, -0.25) is 0 Å². The number of halogens is 3. The van der Waals surface area contributed by atoms with E-state index in [1.54, 1.807) is 20.0 Å². The van der Waals surface area contributed by atoms with Gasteiger partial charge < -0.3 is 10.1 Å². The first-order valence-corrected chi connectivity index (χ1v) is 6.81. The molecule has 1 aromatic carbocycles. The molecular formula is C15H22F3NO. The zero-order valence-electron chi connectivity index (χ0n) is 12.3. The Labute approximate surface area is 118 Å². The summed E-state index contributed by atoms with van der Waals surface area (Å²) in [5, 5.41) is 3.15. The Kier molecular flexibility index (Phi) is 6.02. The van der Waals surface area contributed by atoms with Crippen molar-refractivity contribution in [3.05, 3.63) is 34.9 Å². The molecule has 5 heteroatoms. The largest absolute Gasteiger partial charge is 0.416 e. The van der Waals surface area contributed by atoms with Crippen LogP contribution in [0.5, 0.6) is 0 Å². The van der Waals surface area contributed by atoms with Gasteiger partial charge in [0, 0.05) is 6.61 Å². The van der Waals surface area contributed by atoms with E-state index in [0.717, 1.165) is 18.1 Å². The number of hydrogen-bond donors (Lipinski definition) is 1. The van der Waals surface area contributed by atoms with Crippen LogP contribution in [0, 0.1) is 6.92 Å². The lowest BCUT2D eigenvalue weighted by atomic mass is 9.94. The molecule has 1 aromatic rings. The number of alkyl halides is 3. The molecule has 2 atom stereocenters. The summed E-state index contributed by atoms with van der Waals surface area (Å²) in [6.07, 6.45) is -3.57. The summed E-state index contributed by atoms with van der Waals surface area (Å²) in [5.41, 5.74) is 0.858. The monoisotopic (exact) mass is 289 g/mol. The summed E-state index contributed by atoms with van der Waals surface area (Å²) in [4.78, 5) is 0. The van der Waals surface area contributed by atoms with E-state index in [1.807, 2.05) is 13.8 Å². The number of hydrogen-bond acceptors (Lipinski definition) is 2. The third-order valence-corrected chi connectivity index (χ3v) is 3.40. The van der Waals surface area contributed by atoms with Gasteiger partial charge in [0.25, 0.3) is 0 Å². The second-order valence-electron chi connectivity index (χ2n) is 4.74. The van der Waals surface area contributed by atoms with Crippen molar-refractivity contribution in [3.8, 4) is 0 Å². The van der Waals surface area contributed by atoms with Gasteiger partial charge in [-0.15, -0.1) is 0 Å². The Morgan fingerprint density at radius 3 is 2.30 bits per heavy atom. The first-order valence-electron chi connectivity index (χ1n) is 6.81. The van der Waals surface area contributed by atoms with Crippen molar-refractivity contribution in [2.45, 2.75) is 45.5 Å². The van der Waals surface area contributed by atoms with Gasteiger partial charge in [-0.1, -0.05) is 13.0 Å². The molecule has 0 bridgehead atoms. The van der Waals surface area contributed by atoms with Crippen molar-refractivity contribution in [2.75, 3.05) is 13.7 Å². The normalized spacial score (nSPS) is 15.2. The van der Waals surface area contributed by atoms with Gasteiger partial charge in [-0.05, 0) is 50.6 Å². The number of nitrogens with one attached hydrogen (secondary N) is 1. The Morgan fingerprint density at radius 1 is 1.25 bits per heavy atom. The Balaban J connectivity index is 3.10. The van der Waals surface area contributed by atoms with Gasteiger partial charge in [0.2, 0.25) is 0 Å². The van der Waals surface area contributed by atoms with Crippen LogP contribution in [0.1, 0.15) is 43.0 Å². The molecule has 2 unspecified atom stereocenters. The third-order valence-electron chi connectivity index (χ3n) is 3.40. The molecule has 0 spiro atoms. The number of ether oxygens (including phenoxy) is 1. The lowest BCUT2D eigenvalue weighted by Crippen LogP contribution is -2.32. The number of rotatable bonds is 6. The topological polar surface area (TPSA) is 21.3 Å². The Bertz CT molecular complexity index is 432. The van der Waals surface area contributed by atoms with E-state index in [9.17, 15) is 13.2 Å². The zero-order valence-corrected chi connectivity index (χ0v) is 12.3. The van der Waals surface area contributed by atoms with Gasteiger partial charge in [0.1, 0.15) is 0 Å². The molecule has 0 aromatic heterocycles. The van der Waals surface area contributed by atoms with E-state index < -0.39 is 11.7 Å². The second-order valence-corrected chi connectivity index (χ2v) is 4.74. The summed E-state index contributed by atoms with van der Waals surface area (Å²) >= 11 is 0. The van der Waals surface area contributed by atoms with E-state index in [0.29, 0.717) is 12.2 Å². The van der Waals surface area contributed by atoms with Crippen LogP contribution in [0.25, 0.3) is 0 Å². The van der Waals surface area contributed by atoms with Crippen molar-refractivity contribution in [1.29, 1.82) is 0 Å². The molecule has 0 heterocycles. The third kappa shape index (κ3) is 3.96. The Morgan fingerprint density at radius 2 is 1.90 bits per heavy atom. The van der Waals surface area contributed by atoms with Crippen molar-refractivity contribution >= 4 is 0 Å². The van der Waals surface area contributed by atoms with Crippen LogP contribution in [0.3, 0.4) is 0 Å². The lowest BCUT2D eigenvalue weighted by Gasteiger charge is -2.28. The first kappa shape index (κ1) is 17.0. The highest BCUT2D eigenvalue weighted by atomic mass is 19.4. The molecule has 0 amide bonds. The Hall–Kier alpha value is -1.07. The zero-order chi connectivity index (χ0) is 15.3. The smallest absolute Gasteiger partial charge is 0.377 e. The molecule has 0 radical (unpaired) electrons. The van der Waals surface area contributed by atoms with Crippen LogP contribution in [0.4, 0.5) is 13.2 Å². The molecule has 0 saturated heterocycles. The van der Waals surface area contributed by atoms with Gasteiger partial charge >= 0.3 is 6.18 Å². The minimum Gasteiger partial charge on any atom is -0.377 e. The maximum absolute atomic E-state index is 12.7. The standard InChI is InChI=1S/C15H22F3NO/c1-5-13(20-6-2)14(19-4)12-8-7-11(9-10(12)3)15(16,17)18/h7-9,13-14,19H,5-6H2,1-4H3. The van der Waals surface area contributed by atoms with E-state index in [2.05, 4.69) is 5.32 Å². The fraction of sp³-hybridized carbons (Fsp3) is 0.600. The molecule has 0 saturated carbocycles. The maximum atomic E-state index is 12.7.